The van der Waals surface area contributed by atoms with Gasteiger partial charge in [-0.1, -0.05) is 45.0 Å². The number of carbonyl (C=O) groups is 2. The zero-order valence-corrected chi connectivity index (χ0v) is 20.1. The molecule has 2 heterocycles. The lowest BCUT2D eigenvalue weighted by molar-refractivity contribution is -0.142. The minimum Gasteiger partial charge on any atom is -0.391 e. The molecule has 0 saturated carbocycles. The van der Waals surface area contributed by atoms with E-state index in [0.717, 1.165) is 21.7 Å². The van der Waals surface area contributed by atoms with E-state index in [2.05, 4.69) is 21.2 Å². The van der Waals surface area contributed by atoms with Gasteiger partial charge in [0.2, 0.25) is 11.8 Å². The van der Waals surface area contributed by atoms with Crippen molar-refractivity contribution in [2.45, 2.75) is 58.8 Å². The number of hydrogen-bond donors (Lipinski definition) is 4. The maximum atomic E-state index is 13.2. The van der Waals surface area contributed by atoms with Gasteiger partial charge in [-0.25, -0.2) is 10.4 Å². The fraction of sp³-hybridized carbons (Fsp3) is 0.522. The summed E-state index contributed by atoms with van der Waals surface area (Å²) in [6.07, 6.45) is -0.482. The molecule has 174 valence electrons. The van der Waals surface area contributed by atoms with E-state index in [1.54, 1.807) is 18.4 Å². The van der Waals surface area contributed by atoms with Crippen molar-refractivity contribution in [3.63, 3.8) is 0 Å². The standard InChI is InChI=1S/C23H33N5O3S/c1-14-19(32-13-26-14)16-8-6-15(7-9-16)11-25-21(30)18-10-17(29)12-28(18)22(31)20(27-24-5)23(2,3)4/h6-9,13,17-18,20,24,27,29H,10-12H2,1-5H3,(H,25,30)/t17-,18+,20-/m1/s1. The molecular weight excluding hydrogens is 426 g/mol. The van der Waals surface area contributed by atoms with Gasteiger partial charge in [0.15, 0.2) is 0 Å². The zero-order valence-electron chi connectivity index (χ0n) is 19.3. The Kier molecular flexibility index (Phi) is 7.66. The minimum atomic E-state index is -0.716. The summed E-state index contributed by atoms with van der Waals surface area (Å²) in [5.41, 5.74) is 10.4. The summed E-state index contributed by atoms with van der Waals surface area (Å²) in [6, 6.07) is 6.78. The molecular formula is C23H33N5O3S. The number of hydrazine groups is 1. The third kappa shape index (κ3) is 5.53. The highest BCUT2D eigenvalue weighted by Crippen LogP contribution is 2.28. The number of hydrogen-bond acceptors (Lipinski definition) is 7. The van der Waals surface area contributed by atoms with Crippen molar-refractivity contribution in [1.82, 2.24) is 26.1 Å². The molecule has 0 aliphatic carbocycles. The number of aryl methyl sites for hydroxylation is 1. The van der Waals surface area contributed by atoms with Crippen LogP contribution in [0.15, 0.2) is 29.8 Å². The van der Waals surface area contributed by atoms with Gasteiger partial charge in [0.1, 0.15) is 12.1 Å². The summed E-state index contributed by atoms with van der Waals surface area (Å²) in [4.78, 5) is 33.1. The van der Waals surface area contributed by atoms with Gasteiger partial charge in [0, 0.05) is 19.5 Å². The molecule has 0 unspecified atom stereocenters. The first-order chi connectivity index (χ1) is 15.1. The van der Waals surface area contributed by atoms with E-state index in [1.165, 1.54) is 4.90 Å². The number of β-amino-alcohol motifs (C(OH)–C–C–N with tert-alkyl or cyclic N) is 1. The van der Waals surface area contributed by atoms with E-state index < -0.39 is 18.2 Å². The fourth-order valence-corrected chi connectivity index (χ4v) is 4.74. The van der Waals surface area contributed by atoms with E-state index >= 15 is 0 Å². The molecule has 0 spiro atoms. The molecule has 1 aliphatic heterocycles. The lowest BCUT2D eigenvalue weighted by Crippen LogP contribution is -2.58. The topological polar surface area (TPSA) is 107 Å². The first-order valence-corrected chi connectivity index (χ1v) is 11.7. The Morgan fingerprint density at radius 3 is 2.53 bits per heavy atom. The Morgan fingerprint density at radius 2 is 1.97 bits per heavy atom. The molecule has 1 aliphatic rings. The fourth-order valence-electron chi connectivity index (χ4n) is 3.92. The van der Waals surface area contributed by atoms with Gasteiger partial charge >= 0.3 is 0 Å². The van der Waals surface area contributed by atoms with Crippen LogP contribution in [-0.4, -0.2) is 58.6 Å². The highest BCUT2D eigenvalue weighted by atomic mass is 32.1. The van der Waals surface area contributed by atoms with Crippen molar-refractivity contribution in [2.75, 3.05) is 13.6 Å². The van der Waals surface area contributed by atoms with Gasteiger partial charge in [-0.2, -0.15) is 0 Å². The molecule has 2 amide bonds. The molecule has 3 rings (SSSR count). The lowest BCUT2D eigenvalue weighted by atomic mass is 9.86. The number of nitrogens with zero attached hydrogens (tertiary/aromatic N) is 2. The molecule has 0 radical (unpaired) electrons. The van der Waals surface area contributed by atoms with Crippen LogP contribution in [0.4, 0.5) is 0 Å². The van der Waals surface area contributed by atoms with Crippen molar-refractivity contribution >= 4 is 23.2 Å². The first kappa shape index (κ1) is 24.3. The van der Waals surface area contributed by atoms with E-state index in [1.807, 2.05) is 57.5 Å². The Bertz CT molecular complexity index is 938. The SMILES string of the molecule is CNN[C@H](C(=O)N1C[C@H](O)C[C@H]1C(=O)NCc1ccc(-c2scnc2C)cc1)C(C)(C)C. The molecule has 8 nitrogen and oxygen atoms in total. The maximum Gasteiger partial charge on any atom is 0.243 e. The van der Waals surface area contributed by atoms with Crippen molar-refractivity contribution in [3.8, 4) is 10.4 Å². The van der Waals surface area contributed by atoms with Crippen molar-refractivity contribution in [1.29, 1.82) is 0 Å². The average molecular weight is 460 g/mol. The second-order valence-electron chi connectivity index (χ2n) is 9.27. The number of rotatable bonds is 7. The van der Waals surface area contributed by atoms with Crippen LogP contribution in [0.1, 0.15) is 38.4 Å². The molecule has 1 saturated heterocycles. The molecule has 2 aromatic rings. The molecule has 1 fully saturated rings. The molecule has 1 aromatic carbocycles. The van der Waals surface area contributed by atoms with Crippen LogP contribution in [0.25, 0.3) is 10.4 Å². The number of likely N-dealkylation sites (tertiary alicyclic amines) is 1. The second kappa shape index (κ2) is 10.1. The monoisotopic (exact) mass is 459 g/mol. The van der Waals surface area contributed by atoms with Gasteiger partial charge in [-0.15, -0.1) is 11.3 Å². The Morgan fingerprint density at radius 1 is 1.28 bits per heavy atom. The van der Waals surface area contributed by atoms with Crippen molar-refractivity contribution in [3.05, 3.63) is 41.0 Å². The Balaban J connectivity index is 1.65. The van der Waals surface area contributed by atoms with E-state index in [-0.39, 0.29) is 30.2 Å². The highest BCUT2D eigenvalue weighted by Gasteiger charge is 2.43. The van der Waals surface area contributed by atoms with Crippen molar-refractivity contribution < 1.29 is 14.7 Å². The number of aliphatic hydroxyl groups is 1. The van der Waals surface area contributed by atoms with Crippen LogP contribution in [0.5, 0.6) is 0 Å². The van der Waals surface area contributed by atoms with E-state index in [9.17, 15) is 14.7 Å². The molecule has 3 atom stereocenters. The Hall–Kier alpha value is -2.33. The third-order valence-corrected chi connectivity index (χ3v) is 6.67. The van der Waals surface area contributed by atoms with E-state index in [0.29, 0.717) is 6.54 Å². The predicted molar refractivity (Wildman–Crippen MR) is 126 cm³/mol. The van der Waals surface area contributed by atoms with Gasteiger partial charge in [0.05, 0.1) is 22.2 Å². The molecule has 0 bridgehead atoms. The van der Waals surface area contributed by atoms with Gasteiger partial charge in [-0.05, 0) is 30.5 Å². The van der Waals surface area contributed by atoms with Gasteiger partial charge in [0.25, 0.3) is 0 Å². The van der Waals surface area contributed by atoms with Crippen LogP contribution in [0, 0.1) is 12.3 Å². The third-order valence-electron chi connectivity index (χ3n) is 5.69. The number of amides is 2. The van der Waals surface area contributed by atoms with E-state index in [4.69, 9.17) is 0 Å². The Labute approximate surface area is 193 Å². The summed E-state index contributed by atoms with van der Waals surface area (Å²) in [5, 5.41) is 13.1. The normalized spacial score (nSPS) is 19.8. The second-order valence-corrected chi connectivity index (χ2v) is 10.1. The molecule has 32 heavy (non-hydrogen) atoms. The lowest BCUT2D eigenvalue weighted by Gasteiger charge is -2.35. The number of nitrogens with one attached hydrogen (secondary N) is 3. The smallest absolute Gasteiger partial charge is 0.243 e. The summed E-state index contributed by atoms with van der Waals surface area (Å²) in [6.45, 7) is 8.36. The zero-order chi connectivity index (χ0) is 23.5. The molecule has 4 N–H and O–H groups in total. The molecule has 9 heteroatoms. The molecule has 1 aromatic heterocycles. The number of carbonyl (C=O) groups excluding carboxylic acids is 2. The summed E-state index contributed by atoms with van der Waals surface area (Å²) >= 11 is 1.60. The number of aliphatic hydroxyl groups excluding tert-OH is 1. The number of aromatic nitrogens is 1. The number of benzene rings is 1. The number of thiazole rings is 1. The first-order valence-electron chi connectivity index (χ1n) is 10.8. The maximum absolute atomic E-state index is 13.2. The predicted octanol–water partition coefficient (Wildman–Crippen LogP) is 1.84. The quantitative estimate of drug-likeness (QED) is 0.471. The van der Waals surface area contributed by atoms with Crippen LogP contribution < -0.4 is 16.2 Å². The summed E-state index contributed by atoms with van der Waals surface area (Å²) in [5.74, 6) is -0.456. The average Bonchev–Trinajstić information content (AvgIpc) is 3.35. The van der Waals surface area contributed by atoms with Crippen LogP contribution >= 0.6 is 11.3 Å². The summed E-state index contributed by atoms with van der Waals surface area (Å²) in [7, 11) is 1.70. The summed E-state index contributed by atoms with van der Waals surface area (Å²) < 4.78 is 0. The highest BCUT2D eigenvalue weighted by molar-refractivity contribution is 7.13. The van der Waals surface area contributed by atoms with Gasteiger partial charge < -0.3 is 15.3 Å². The van der Waals surface area contributed by atoms with Crippen LogP contribution in [0.3, 0.4) is 0 Å². The minimum absolute atomic E-state index is 0.151. The van der Waals surface area contributed by atoms with Crippen LogP contribution in [0.2, 0.25) is 0 Å². The largest absolute Gasteiger partial charge is 0.391 e. The van der Waals surface area contributed by atoms with Crippen molar-refractivity contribution in [2.24, 2.45) is 5.41 Å². The van der Waals surface area contributed by atoms with Crippen LogP contribution in [-0.2, 0) is 16.1 Å². The van der Waals surface area contributed by atoms with Gasteiger partial charge in [-0.3, -0.25) is 15.0 Å².